The van der Waals surface area contributed by atoms with Gasteiger partial charge in [-0.05, 0) is 36.2 Å². The Morgan fingerprint density at radius 2 is 1.96 bits per heavy atom. The molecule has 0 saturated carbocycles. The number of hydrogen-bond donors (Lipinski definition) is 2. The van der Waals surface area contributed by atoms with Gasteiger partial charge in [0.05, 0.1) is 21.3 Å². The van der Waals surface area contributed by atoms with Gasteiger partial charge in [0.2, 0.25) is 0 Å². The second-order valence-electron chi connectivity index (χ2n) is 4.20. The molecule has 4 nitrogen and oxygen atoms in total. The number of nitrogens with one attached hydrogen (secondary N) is 1. The summed E-state index contributed by atoms with van der Waals surface area (Å²) in [5.74, 6) is -1.29. The molecule has 1 aromatic carbocycles. The number of carbonyl (C=O) groups is 1. The van der Waals surface area contributed by atoms with Crippen LogP contribution in [-0.4, -0.2) is 16.1 Å². The molecule has 0 amide bonds. The molecule has 2 rings (SSSR count). The maximum Gasteiger partial charge on any atom is 0.417 e. The number of aromatic carboxylic acids is 1. The van der Waals surface area contributed by atoms with Gasteiger partial charge < -0.3 is 9.83 Å². The van der Waals surface area contributed by atoms with E-state index in [2.05, 4.69) is 9.71 Å². The number of rotatable bonds is 4. The Morgan fingerprint density at radius 3 is 2.57 bits per heavy atom. The first-order valence-electron chi connectivity index (χ1n) is 5.87. The zero-order valence-electron chi connectivity index (χ0n) is 11.0. The van der Waals surface area contributed by atoms with E-state index >= 15 is 0 Å². The molecule has 0 atom stereocenters. The summed E-state index contributed by atoms with van der Waals surface area (Å²) in [4.78, 5) is 14.9. The van der Waals surface area contributed by atoms with Crippen molar-refractivity contribution in [2.24, 2.45) is 0 Å². The van der Waals surface area contributed by atoms with Crippen LogP contribution < -0.4 is 4.72 Å². The van der Waals surface area contributed by atoms with Gasteiger partial charge in [0.1, 0.15) is 0 Å². The Hall–Kier alpha value is -1.64. The Balaban J connectivity index is 2.25. The van der Waals surface area contributed by atoms with E-state index < -0.39 is 22.7 Å². The van der Waals surface area contributed by atoms with Crippen LogP contribution in [-0.2, 0) is 6.18 Å². The first kappa shape index (κ1) is 17.7. The molecule has 0 saturated heterocycles. The number of nitrogens with zero attached hydrogens (tertiary/aromatic N) is 1. The fraction of sp³-hybridized carbons (Fsp3) is 0.0769. The summed E-state index contributed by atoms with van der Waals surface area (Å²) < 4.78 is 41.0. The highest BCUT2D eigenvalue weighted by Gasteiger charge is 2.33. The molecule has 0 aliphatic heterocycles. The number of carboxylic acid groups (broad SMARTS) is 1. The maximum absolute atomic E-state index is 12.8. The molecule has 0 spiro atoms. The highest BCUT2D eigenvalue weighted by Crippen LogP contribution is 2.37. The smallest absolute Gasteiger partial charge is 0.417 e. The minimum absolute atomic E-state index is 0.0681. The standard InChI is InChI=1S/C13H7Cl2F3N2O2S/c14-6-3-10(11(12(21)22)19-5-6)20-23-7-1-2-9(15)8(4-7)13(16,17)18/h1-5,20H,(H,21,22). The number of aromatic nitrogens is 1. The summed E-state index contributed by atoms with van der Waals surface area (Å²) in [5.41, 5.74) is -1.21. The molecule has 0 radical (unpaired) electrons. The van der Waals surface area contributed by atoms with Gasteiger partial charge in [0, 0.05) is 11.1 Å². The topological polar surface area (TPSA) is 62.2 Å². The molecule has 0 fully saturated rings. The summed E-state index contributed by atoms with van der Waals surface area (Å²) >= 11 is 12.1. The molecule has 23 heavy (non-hydrogen) atoms. The highest BCUT2D eigenvalue weighted by molar-refractivity contribution is 8.00. The van der Waals surface area contributed by atoms with Crippen LogP contribution in [0, 0.1) is 0 Å². The van der Waals surface area contributed by atoms with E-state index in [0.717, 1.165) is 30.3 Å². The molecule has 0 unspecified atom stereocenters. The van der Waals surface area contributed by atoms with Gasteiger partial charge in [-0.15, -0.1) is 0 Å². The predicted molar refractivity (Wildman–Crippen MR) is 82.1 cm³/mol. The minimum atomic E-state index is -4.59. The quantitative estimate of drug-likeness (QED) is 0.709. The van der Waals surface area contributed by atoms with E-state index in [9.17, 15) is 18.0 Å². The first-order chi connectivity index (χ1) is 10.7. The normalized spacial score (nSPS) is 11.3. The van der Waals surface area contributed by atoms with Crippen LogP contribution in [0.1, 0.15) is 16.1 Å². The lowest BCUT2D eigenvalue weighted by atomic mass is 10.2. The van der Waals surface area contributed by atoms with E-state index in [1.807, 2.05) is 0 Å². The third-order valence-electron chi connectivity index (χ3n) is 2.58. The Kier molecular flexibility index (Phi) is 5.28. The Bertz CT molecular complexity index is 756. The number of pyridine rings is 1. The van der Waals surface area contributed by atoms with Gasteiger partial charge in [0.25, 0.3) is 0 Å². The second-order valence-corrected chi connectivity index (χ2v) is 5.92. The van der Waals surface area contributed by atoms with Crippen LogP contribution in [0.2, 0.25) is 10.0 Å². The molecule has 1 heterocycles. The largest absolute Gasteiger partial charge is 0.476 e. The van der Waals surface area contributed by atoms with Gasteiger partial charge in [-0.1, -0.05) is 23.2 Å². The van der Waals surface area contributed by atoms with Gasteiger partial charge >= 0.3 is 12.1 Å². The fourth-order valence-electron chi connectivity index (χ4n) is 1.59. The SMILES string of the molecule is O=C(O)c1ncc(Cl)cc1NSc1ccc(Cl)c(C(F)(F)F)c1. The number of anilines is 1. The molecule has 1 aromatic heterocycles. The summed E-state index contributed by atoms with van der Waals surface area (Å²) in [5, 5.41) is 8.79. The van der Waals surface area contributed by atoms with Crippen LogP contribution in [0.25, 0.3) is 0 Å². The molecule has 0 bridgehead atoms. The van der Waals surface area contributed by atoms with Crippen molar-refractivity contribution >= 4 is 46.8 Å². The Labute approximate surface area is 142 Å². The number of carboxylic acids is 1. The lowest BCUT2D eigenvalue weighted by Gasteiger charge is -2.12. The van der Waals surface area contributed by atoms with Crippen LogP contribution >= 0.6 is 35.1 Å². The number of halogens is 5. The van der Waals surface area contributed by atoms with Crippen molar-refractivity contribution in [2.45, 2.75) is 11.1 Å². The van der Waals surface area contributed by atoms with Crippen molar-refractivity contribution in [1.82, 2.24) is 4.98 Å². The molecule has 0 aliphatic rings. The van der Waals surface area contributed by atoms with Crippen molar-refractivity contribution in [3.63, 3.8) is 0 Å². The first-order valence-corrected chi connectivity index (χ1v) is 7.44. The van der Waals surface area contributed by atoms with Gasteiger partial charge in [-0.25, -0.2) is 9.78 Å². The molecule has 10 heteroatoms. The predicted octanol–water partition coefficient (Wildman–Crippen LogP) is 5.22. The van der Waals surface area contributed by atoms with E-state index in [1.165, 1.54) is 12.1 Å². The van der Waals surface area contributed by atoms with Crippen LogP contribution in [0.15, 0.2) is 35.4 Å². The summed E-state index contributed by atoms with van der Waals surface area (Å²) in [6.07, 6.45) is -3.43. The number of alkyl halides is 3. The summed E-state index contributed by atoms with van der Waals surface area (Å²) in [7, 11) is 0. The van der Waals surface area contributed by atoms with Crippen LogP contribution in [0.4, 0.5) is 18.9 Å². The van der Waals surface area contributed by atoms with Crippen molar-refractivity contribution in [1.29, 1.82) is 0 Å². The average Bonchev–Trinajstić information content (AvgIpc) is 2.45. The molecule has 0 aliphatic carbocycles. The maximum atomic E-state index is 12.8. The van der Waals surface area contributed by atoms with Gasteiger partial charge in [-0.2, -0.15) is 13.2 Å². The average molecular weight is 383 g/mol. The van der Waals surface area contributed by atoms with E-state index in [-0.39, 0.29) is 21.3 Å². The zero-order chi connectivity index (χ0) is 17.2. The lowest BCUT2D eigenvalue weighted by Crippen LogP contribution is -2.06. The third kappa shape index (κ3) is 4.43. The van der Waals surface area contributed by atoms with Gasteiger partial charge in [0.15, 0.2) is 5.69 Å². The molecule has 2 aromatic rings. The van der Waals surface area contributed by atoms with Crippen molar-refractivity contribution in [2.75, 3.05) is 4.72 Å². The van der Waals surface area contributed by atoms with Crippen molar-refractivity contribution in [3.8, 4) is 0 Å². The summed E-state index contributed by atoms with van der Waals surface area (Å²) in [6, 6.07) is 4.65. The molecule has 2 N–H and O–H groups in total. The second kappa shape index (κ2) is 6.86. The minimum Gasteiger partial charge on any atom is -0.476 e. The van der Waals surface area contributed by atoms with E-state index in [4.69, 9.17) is 28.3 Å². The lowest BCUT2D eigenvalue weighted by molar-refractivity contribution is -0.137. The highest BCUT2D eigenvalue weighted by atomic mass is 35.5. The number of hydrogen-bond acceptors (Lipinski definition) is 4. The zero-order valence-corrected chi connectivity index (χ0v) is 13.3. The Morgan fingerprint density at radius 1 is 1.26 bits per heavy atom. The fourth-order valence-corrected chi connectivity index (χ4v) is 2.67. The van der Waals surface area contributed by atoms with Crippen LogP contribution in [0.3, 0.4) is 0 Å². The molecule has 122 valence electrons. The molecular formula is C13H7Cl2F3N2O2S. The van der Waals surface area contributed by atoms with E-state index in [1.54, 1.807) is 0 Å². The molecular weight excluding hydrogens is 376 g/mol. The summed E-state index contributed by atoms with van der Waals surface area (Å²) in [6.45, 7) is 0. The van der Waals surface area contributed by atoms with Crippen LogP contribution in [0.5, 0.6) is 0 Å². The number of benzene rings is 1. The van der Waals surface area contributed by atoms with Crippen molar-refractivity contribution in [3.05, 3.63) is 51.8 Å². The van der Waals surface area contributed by atoms with Crippen molar-refractivity contribution < 1.29 is 23.1 Å². The third-order valence-corrected chi connectivity index (χ3v) is 3.93. The van der Waals surface area contributed by atoms with Gasteiger partial charge in [-0.3, -0.25) is 0 Å². The van der Waals surface area contributed by atoms with E-state index in [0.29, 0.717) is 0 Å². The monoisotopic (exact) mass is 382 g/mol.